The average molecular weight is 389 g/mol. The molecule has 0 saturated carbocycles. The minimum absolute atomic E-state index is 0.0447. The van der Waals surface area contributed by atoms with Gasteiger partial charge < -0.3 is 14.8 Å². The average Bonchev–Trinajstić information content (AvgIpc) is 2.69. The first-order valence-electron chi connectivity index (χ1n) is 8.60. The molecule has 3 aromatic rings. The molecule has 0 aliphatic carbocycles. The van der Waals surface area contributed by atoms with Crippen LogP contribution in [0.4, 0.5) is 13.2 Å². The molecule has 0 aliphatic rings. The van der Waals surface area contributed by atoms with Gasteiger partial charge in [-0.2, -0.15) is 13.2 Å². The molecule has 28 heavy (non-hydrogen) atoms. The largest absolute Gasteiger partial charge is 0.492 e. The molecule has 0 aliphatic heterocycles. The lowest BCUT2D eigenvalue weighted by atomic mass is 10.1. The topological polar surface area (TPSA) is 47.6 Å². The summed E-state index contributed by atoms with van der Waals surface area (Å²) in [6.07, 6.45) is -4.42. The van der Waals surface area contributed by atoms with Crippen molar-refractivity contribution in [2.24, 2.45) is 0 Å². The number of carbonyl (C=O) groups excluding carboxylic acids is 1. The molecule has 4 nitrogen and oxygen atoms in total. The van der Waals surface area contributed by atoms with Gasteiger partial charge in [-0.15, -0.1) is 0 Å². The maximum atomic E-state index is 12.6. The zero-order valence-electron chi connectivity index (χ0n) is 14.8. The first-order valence-corrected chi connectivity index (χ1v) is 8.60. The Morgan fingerprint density at radius 1 is 0.857 bits per heavy atom. The Kier molecular flexibility index (Phi) is 6.03. The van der Waals surface area contributed by atoms with Gasteiger partial charge in [-0.1, -0.05) is 36.4 Å². The Hall–Kier alpha value is -3.22. The number of alkyl halides is 3. The molecule has 0 radical (unpaired) electrons. The molecule has 7 heteroatoms. The van der Waals surface area contributed by atoms with Crippen molar-refractivity contribution in [2.45, 2.75) is 6.18 Å². The van der Waals surface area contributed by atoms with Gasteiger partial charge in [-0.05, 0) is 41.1 Å². The molecule has 0 spiro atoms. The Bertz CT molecular complexity index is 957. The van der Waals surface area contributed by atoms with Gasteiger partial charge in [-0.25, -0.2) is 0 Å². The summed E-state index contributed by atoms with van der Waals surface area (Å²) in [5.74, 6) is 0.325. The zero-order valence-corrected chi connectivity index (χ0v) is 14.8. The fourth-order valence-electron chi connectivity index (χ4n) is 2.58. The van der Waals surface area contributed by atoms with Crippen molar-refractivity contribution < 1.29 is 27.4 Å². The van der Waals surface area contributed by atoms with Crippen LogP contribution in [-0.4, -0.2) is 25.7 Å². The van der Waals surface area contributed by atoms with Gasteiger partial charge in [0.2, 0.25) is 0 Å². The SMILES string of the molecule is O=C(COc1ccc2ccccc2c1)NCCOc1cccc(C(F)(F)F)c1. The van der Waals surface area contributed by atoms with Crippen LogP contribution in [0.5, 0.6) is 11.5 Å². The van der Waals surface area contributed by atoms with Crippen LogP contribution in [0.1, 0.15) is 5.56 Å². The molecule has 146 valence electrons. The van der Waals surface area contributed by atoms with Gasteiger partial charge in [0.15, 0.2) is 6.61 Å². The second kappa shape index (κ2) is 8.65. The molecule has 3 aromatic carbocycles. The molecule has 0 heterocycles. The van der Waals surface area contributed by atoms with E-state index in [1.54, 1.807) is 6.07 Å². The lowest BCUT2D eigenvalue weighted by molar-refractivity contribution is -0.137. The van der Waals surface area contributed by atoms with Crippen LogP contribution < -0.4 is 14.8 Å². The number of carbonyl (C=O) groups is 1. The van der Waals surface area contributed by atoms with Crippen LogP contribution in [0.25, 0.3) is 10.8 Å². The predicted octanol–water partition coefficient (Wildman–Crippen LogP) is 4.43. The van der Waals surface area contributed by atoms with Crippen molar-refractivity contribution in [3.05, 3.63) is 72.3 Å². The quantitative estimate of drug-likeness (QED) is 0.608. The van der Waals surface area contributed by atoms with E-state index in [4.69, 9.17) is 9.47 Å². The lowest BCUT2D eigenvalue weighted by Crippen LogP contribution is -2.32. The standard InChI is InChI=1S/C21H18F3NO3/c22-21(23,24)17-6-3-7-18(13-17)27-11-10-25-20(26)14-28-19-9-8-15-4-1-2-5-16(15)12-19/h1-9,12-13H,10-11,14H2,(H,25,26). The molecule has 0 aromatic heterocycles. The number of ether oxygens (including phenoxy) is 2. The third-order valence-corrected chi connectivity index (χ3v) is 3.95. The van der Waals surface area contributed by atoms with Crippen molar-refractivity contribution >= 4 is 16.7 Å². The summed E-state index contributed by atoms with van der Waals surface area (Å²) < 4.78 is 48.7. The molecule has 0 bridgehead atoms. The van der Waals surface area contributed by atoms with E-state index < -0.39 is 11.7 Å². The fourth-order valence-corrected chi connectivity index (χ4v) is 2.58. The Morgan fingerprint density at radius 2 is 1.61 bits per heavy atom. The number of benzene rings is 3. The van der Waals surface area contributed by atoms with E-state index in [-0.39, 0.29) is 31.4 Å². The number of halogens is 3. The number of amides is 1. The summed E-state index contributed by atoms with van der Waals surface area (Å²) in [7, 11) is 0. The highest BCUT2D eigenvalue weighted by atomic mass is 19.4. The highest BCUT2D eigenvalue weighted by Crippen LogP contribution is 2.31. The second-order valence-electron chi connectivity index (χ2n) is 6.02. The Balaban J connectivity index is 1.41. The third kappa shape index (κ3) is 5.39. The molecule has 0 atom stereocenters. The molecule has 1 amide bonds. The van der Waals surface area contributed by atoms with Crippen molar-refractivity contribution in [1.82, 2.24) is 5.32 Å². The molecular weight excluding hydrogens is 371 g/mol. The molecule has 0 saturated heterocycles. The molecule has 1 N–H and O–H groups in total. The molecule has 0 unspecified atom stereocenters. The van der Waals surface area contributed by atoms with Crippen molar-refractivity contribution in [2.75, 3.05) is 19.8 Å². The van der Waals surface area contributed by atoms with Crippen molar-refractivity contribution in [3.8, 4) is 11.5 Å². The minimum atomic E-state index is -4.42. The number of rotatable bonds is 7. The van der Waals surface area contributed by atoms with Gasteiger partial charge in [0, 0.05) is 0 Å². The van der Waals surface area contributed by atoms with Gasteiger partial charge in [0.1, 0.15) is 18.1 Å². The van der Waals surface area contributed by atoms with Crippen molar-refractivity contribution in [1.29, 1.82) is 0 Å². The molecule has 3 rings (SSSR count). The number of nitrogens with one attached hydrogen (secondary N) is 1. The summed E-state index contributed by atoms with van der Waals surface area (Å²) in [6, 6.07) is 17.9. The molecular formula is C21H18F3NO3. The van der Waals surface area contributed by atoms with E-state index in [2.05, 4.69) is 5.32 Å². The number of hydrogen-bond acceptors (Lipinski definition) is 3. The summed E-state index contributed by atoms with van der Waals surface area (Å²) >= 11 is 0. The monoisotopic (exact) mass is 389 g/mol. The Morgan fingerprint density at radius 3 is 2.39 bits per heavy atom. The zero-order chi connectivity index (χ0) is 20.0. The Labute approximate surface area is 159 Å². The maximum absolute atomic E-state index is 12.6. The van der Waals surface area contributed by atoms with E-state index in [0.29, 0.717) is 5.75 Å². The summed E-state index contributed by atoms with van der Waals surface area (Å²) in [5.41, 5.74) is -0.780. The third-order valence-electron chi connectivity index (χ3n) is 3.95. The van der Waals surface area contributed by atoms with Crippen LogP contribution >= 0.6 is 0 Å². The summed E-state index contributed by atoms with van der Waals surface area (Å²) in [4.78, 5) is 11.8. The van der Waals surface area contributed by atoms with Crippen LogP contribution in [0, 0.1) is 0 Å². The number of fused-ring (bicyclic) bond motifs is 1. The van der Waals surface area contributed by atoms with Crippen LogP contribution in [-0.2, 0) is 11.0 Å². The summed E-state index contributed by atoms with van der Waals surface area (Å²) in [5, 5.41) is 4.68. The fraction of sp³-hybridized carbons (Fsp3) is 0.190. The van der Waals surface area contributed by atoms with E-state index in [0.717, 1.165) is 22.9 Å². The highest BCUT2D eigenvalue weighted by Gasteiger charge is 2.30. The van der Waals surface area contributed by atoms with E-state index in [1.165, 1.54) is 12.1 Å². The first-order chi connectivity index (χ1) is 13.4. The highest BCUT2D eigenvalue weighted by molar-refractivity contribution is 5.84. The number of hydrogen-bond donors (Lipinski definition) is 1. The van der Waals surface area contributed by atoms with Gasteiger partial charge in [0.25, 0.3) is 5.91 Å². The van der Waals surface area contributed by atoms with E-state index in [1.807, 2.05) is 36.4 Å². The van der Waals surface area contributed by atoms with Gasteiger partial charge in [0.05, 0.1) is 12.1 Å². The predicted molar refractivity (Wildman–Crippen MR) is 99.4 cm³/mol. The summed E-state index contributed by atoms with van der Waals surface area (Å²) in [6.45, 7) is 0.0289. The molecule has 0 fully saturated rings. The van der Waals surface area contributed by atoms with Crippen molar-refractivity contribution in [3.63, 3.8) is 0 Å². The van der Waals surface area contributed by atoms with E-state index in [9.17, 15) is 18.0 Å². The second-order valence-corrected chi connectivity index (χ2v) is 6.02. The van der Waals surface area contributed by atoms with Crippen LogP contribution in [0.15, 0.2) is 66.7 Å². The minimum Gasteiger partial charge on any atom is -0.492 e. The van der Waals surface area contributed by atoms with Crippen LogP contribution in [0.3, 0.4) is 0 Å². The van der Waals surface area contributed by atoms with Gasteiger partial charge in [-0.3, -0.25) is 4.79 Å². The smallest absolute Gasteiger partial charge is 0.416 e. The maximum Gasteiger partial charge on any atom is 0.416 e. The lowest BCUT2D eigenvalue weighted by Gasteiger charge is -2.11. The van der Waals surface area contributed by atoms with Crippen LogP contribution in [0.2, 0.25) is 0 Å². The van der Waals surface area contributed by atoms with Gasteiger partial charge >= 0.3 is 6.18 Å². The van der Waals surface area contributed by atoms with E-state index >= 15 is 0 Å². The normalized spacial score (nSPS) is 11.2. The first kappa shape index (κ1) is 19.5.